The maximum atomic E-state index is 13.5. The molecule has 2 aliphatic heterocycles. The molecular weight excluding hydrogens is 434 g/mol. The number of aromatic nitrogens is 4. The van der Waals surface area contributed by atoms with Gasteiger partial charge in [-0.05, 0) is 22.3 Å². The van der Waals surface area contributed by atoms with Gasteiger partial charge in [0.1, 0.15) is 24.0 Å². The SMILES string of the molecule is FC1CNC(c2ncc(-c3ccc(-c4ccc(-c5cnc(C6CC(F)CN6)[nH]5)cc4)cc3)[nH]2)C1. The second-order valence-electron chi connectivity index (χ2n) is 9.11. The molecule has 34 heavy (non-hydrogen) atoms. The van der Waals surface area contributed by atoms with Gasteiger partial charge in [-0.25, -0.2) is 18.7 Å². The lowest BCUT2D eigenvalue weighted by Gasteiger charge is -2.07. The molecule has 174 valence electrons. The molecule has 4 unspecified atom stereocenters. The number of hydrogen-bond acceptors (Lipinski definition) is 4. The molecule has 2 aliphatic rings. The van der Waals surface area contributed by atoms with Crippen LogP contribution in [0.5, 0.6) is 0 Å². The number of benzene rings is 2. The molecule has 2 fully saturated rings. The van der Waals surface area contributed by atoms with Crippen molar-refractivity contribution in [2.24, 2.45) is 0 Å². The monoisotopic (exact) mass is 460 g/mol. The maximum Gasteiger partial charge on any atom is 0.123 e. The van der Waals surface area contributed by atoms with Crippen molar-refractivity contribution >= 4 is 0 Å². The molecule has 0 bridgehead atoms. The fourth-order valence-corrected chi connectivity index (χ4v) is 4.81. The van der Waals surface area contributed by atoms with Crippen molar-refractivity contribution in [1.29, 1.82) is 0 Å². The van der Waals surface area contributed by atoms with Crippen LogP contribution in [-0.4, -0.2) is 45.4 Å². The highest BCUT2D eigenvalue weighted by Crippen LogP contribution is 2.29. The summed E-state index contributed by atoms with van der Waals surface area (Å²) in [6.45, 7) is 0.764. The highest BCUT2D eigenvalue weighted by atomic mass is 19.1. The van der Waals surface area contributed by atoms with Crippen molar-refractivity contribution in [3.63, 3.8) is 0 Å². The normalized spacial score (nSPS) is 24.6. The molecule has 4 aromatic rings. The zero-order chi connectivity index (χ0) is 23.1. The fraction of sp³-hybridized carbons (Fsp3) is 0.308. The molecule has 0 spiro atoms. The number of alkyl halides is 2. The Morgan fingerprint density at radius 1 is 0.588 bits per heavy atom. The Hall–Kier alpha value is -3.36. The van der Waals surface area contributed by atoms with Crippen LogP contribution >= 0.6 is 0 Å². The quantitative estimate of drug-likeness (QED) is 0.342. The maximum absolute atomic E-state index is 13.5. The molecule has 2 aromatic carbocycles. The van der Waals surface area contributed by atoms with Gasteiger partial charge in [0.15, 0.2) is 0 Å². The van der Waals surface area contributed by atoms with E-state index < -0.39 is 12.3 Å². The number of hydrogen-bond donors (Lipinski definition) is 4. The van der Waals surface area contributed by atoms with Crippen LogP contribution in [-0.2, 0) is 0 Å². The van der Waals surface area contributed by atoms with E-state index in [-0.39, 0.29) is 12.1 Å². The minimum absolute atomic E-state index is 0.0532. The van der Waals surface area contributed by atoms with Crippen molar-refractivity contribution in [3.8, 4) is 33.6 Å². The van der Waals surface area contributed by atoms with Gasteiger partial charge in [-0.3, -0.25) is 0 Å². The molecule has 4 atom stereocenters. The minimum atomic E-state index is -0.812. The van der Waals surface area contributed by atoms with Crippen molar-refractivity contribution in [2.75, 3.05) is 13.1 Å². The summed E-state index contributed by atoms with van der Waals surface area (Å²) in [5.41, 5.74) is 6.15. The molecule has 0 aliphatic carbocycles. The van der Waals surface area contributed by atoms with Gasteiger partial charge in [-0.1, -0.05) is 48.5 Å². The van der Waals surface area contributed by atoms with Crippen LogP contribution in [0.2, 0.25) is 0 Å². The average Bonchev–Trinajstić information content (AvgIpc) is 3.66. The summed E-state index contributed by atoms with van der Waals surface area (Å²) >= 11 is 0. The number of rotatable bonds is 5. The molecule has 0 saturated carbocycles. The third kappa shape index (κ3) is 4.15. The third-order valence-electron chi connectivity index (χ3n) is 6.73. The van der Waals surface area contributed by atoms with E-state index in [2.05, 4.69) is 79.1 Å². The minimum Gasteiger partial charge on any atom is -0.341 e. The van der Waals surface area contributed by atoms with E-state index in [1.807, 2.05) is 0 Å². The number of aromatic amines is 2. The van der Waals surface area contributed by atoms with Crippen LogP contribution in [0.15, 0.2) is 60.9 Å². The smallest absolute Gasteiger partial charge is 0.123 e. The van der Waals surface area contributed by atoms with Gasteiger partial charge in [0.05, 0.1) is 35.9 Å². The molecule has 8 heteroatoms. The van der Waals surface area contributed by atoms with Crippen molar-refractivity contribution in [1.82, 2.24) is 30.6 Å². The number of halogens is 2. The molecule has 0 amide bonds. The molecule has 2 saturated heterocycles. The first-order valence-electron chi connectivity index (χ1n) is 11.7. The second-order valence-corrected chi connectivity index (χ2v) is 9.11. The Morgan fingerprint density at radius 3 is 1.32 bits per heavy atom. The van der Waals surface area contributed by atoms with Gasteiger partial charge >= 0.3 is 0 Å². The Balaban J connectivity index is 1.15. The van der Waals surface area contributed by atoms with Crippen molar-refractivity contribution in [2.45, 2.75) is 37.3 Å². The Labute approximate surface area is 196 Å². The average molecular weight is 461 g/mol. The lowest BCUT2D eigenvalue weighted by Crippen LogP contribution is -2.14. The van der Waals surface area contributed by atoms with Crippen LogP contribution < -0.4 is 10.6 Å². The summed E-state index contributed by atoms with van der Waals surface area (Å²) in [4.78, 5) is 15.5. The van der Waals surface area contributed by atoms with Gasteiger partial charge in [0.25, 0.3) is 0 Å². The highest BCUT2D eigenvalue weighted by Gasteiger charge is 2.28. The van der Waals surface area contributed by atoms with Crippen LogP contribution in [0.25, 0.3) is 33.6 Å². The lowest BCUT2D eigenvalue weighted by atomic mass is 10.0. The summed E-state index contributed by atoms with van der Waals surface area (Å²) in [6.07, 6.45) is 2.90. The van der Waals surface area contributed by atoms with Gasteiger partial charge in [-0.15, -0.1) is 0 Å². The summed E-state index contributed by atoms with van der Waals surface area (Å²) in [5, 5.41) is 6.32. The fourth-order valence-electron chi connectivity index (χ4n) is 4.81. The van der Waals surface area contributed by atoms with E-state index in [0.29, 0.717) is 25.9 Å². The van der Waals surface area contributed by atoms with Crippen molar-refractivity contribution < 1.29 is 8.78 Å². The second kappa shape index (κ2) is 8.77. The van der Waals surface area contributed by atoms with E-state index in [0.717, 1.165) is 45.3 Å². The van der Waals surface area contributed by atoms with Gasteiger partial charge < -0.3 is 20.6 Å². The Kier molecular flexibility index (Phi) is 5.47. The molecule has 2 aromatic heterocycles. The molecule has 4 heterocycles. The first-order chi connectivity index (χ1) is 16.6. The van der Waals surface area contributed by atoms with E-state index >= 15 is 0 Å². The molecule has 4 N–H and O–H groups in total. The van der Waals surface area contributed by atoms with Crippen LogP contribution in [0.1, 0.15) is 36.6 Å². The van der Waals surface area contributed by atoms with Crippen molar-refractivity contribution in [3.05, 3.63) is 72.6 Å². The standard InChI is InChI=1S/C26H26F2N6/c27-19-9-21(29-11-19)25-31-13-23(33-25)17-5-1-15(2-6-17)16-3-7-18(8-4-16)24-14-32-26(34-24)22-10-20(28)12-30-22/h1-8,13-14,19-22,29-30H,9-12H2,(H,31,33)(H,32,34). The van der Waals surface area contributed by atoms with Gasteiger partial charge in [0, 0.05) is 25.9 Å². The summed E-state index contributed by atoms with van der Waals surface area (Å²) in [6, 6.07) is 16.5. The molecule has 0 radical (unpaired) electrons. The van der Waals surface area contributed by atoms with E-state index in [1.165, 1.54) is 0 Å². The first kappa shape index (κ1) is 21.2. The zero-order valence-electron chi connectivity index (χ0n) is 18.6. The number of nitrogens with one attached hydrogen (secondary N) is 4. The number of nitrogens with zero attached hydrogens (tertiary/aromatic N) is 2. The third-order valence-corrected chi connectivity index (χ3v) is 6.73. The molecular formula is C26H26F2N6. The zero-order valence-corrected chi connectivity index (χ0v) is 18.6. The van der Waals surface area contributed by atoms with Gasteiger partial charge in [-0.2, -0.15) is 0 Å². The van der Waals surface area contributed by atoms with Crippen LogP contribution in [0.4, 0.5) is 8.78 Å². The summed E-state index contributed by atoms with van der Waals surface area (Å²) in [5.74, 6) is 1.56. The molecule has 6 nitrogen and oxygen atoms in total. The number of H-pyrrole nitrogens is 2. The summed E-state index contributed by atoms with van der Waals surface area (Å²) < 4.78 is 26.9. The van der Waals surface area contributed by atoms with Gasteiger partial charge in [0.2, 0.25) is 0 Å². The topological polar surface area (TPSA) is 81.4 Å². The van der Waals surface area contributed by atoms with E-state index in [9.17, 15) is 8.78 Å². The predicted octanol–water partition coefficient (Wildman–Crippen LogP) is 4.88. The molecule has 6 rings (SSSR count). The summed E-state index contributed by atoms with van der Waals surface area (Å²) in [7, 11) is 0. The predicted molar refractivity (Wildman–Crippen MR) is 128 cm³/mol. The van der Waals surface area contributed by atoms with Crippen LogP contribution in [0.3, 0.4) is 0 Å². The first-order valence-corrected chi connectivity index (χ1v) is 11.7. The number of imidazole rings is 2. The Morgan fingerprint density at radius 2 is 0.971 bits per heavy atom. The Bertz CT molecular complexity index is 1160. The van der Waals surface area contributed by atoms with E-state index in [1.54, 1.807) is 12.4 Å². The lowest BCUT2D eigenvalue weighted by molar-refractivity contribution is 0.354. The van der Waals surface area contributed by atoms with E-state index in [4.69, 9.17) is 0 Å². The highest BCUT2D eigenvalue weighted by molar-refractivity contribution is 5.71. The largest absolute Gasteiger partial charge is 0.341 e. The van der Waals surface area contributed by atoms with Crippen LogP contribution in [0, 0.1) is 0 Å².